The molecule has 156 valence electrons. The van der Waals surface area contributed by atoms with E-state index in [1.54, 1.807) is 25.1 Å². The Bertz CT molecular complexity index is 1160. The van der Waals surface area contributed by atoms with E-state index in [-0.39, 0.29) is 40.5 Å². The molecule has 1 N–H and O–H groups in total. The van der Waals surface area contributed by atoms with E-state index in [0.717, 1.165) is 17.7 Å². The monoisotopic (exact) mass is 477 g/mol. The second-order valence-electron chi connectivity index (χ2n) is 6.58. The molecule has 0 saturated carbocycles. The first-order valence-corrected chi connectivity index (χ1v) is 9.74. The predicted molar refractivity (Wildman–Crippen MR) is 111 cm³/mol. The number of nitrogens with zero attached hydrogens (tertiary/aromatic N) is 2. The highest BCUT2D eigenvalue weighted by Gasteiger charge is 2.15. The van der Waals surface area contributed by atoms with E-state index < -0.39 is 11.6 Å². The van der Waals surface area contributed by atoms with Crippen LogP contribution in [0.2, 0.25) is 0 Å². The summed E-state index contributed by atoms with van der Waals surface area (Å²) in [5.41, 5.74) is 1.19. The number of halogens is 3. The molecule has 1 amide bonds. The van der Waals surface area contributed by atoms with Crippen molar-refractivity contribution in [3.63, 3.8) is 0 Å². The van der Waals surface area contributed by atoms with Gasteiger partial charge in [0, 0.05) is 24.2 Å². The van der Waals surface area contributed by atoms with Crippen LogP contribution in [-0.4, -0.2) is 15.5 Å². The van der Waals surface area contributed by atoms with Crippen LogP contribution in [0.5, 0.6) is 5.88 Å². The zero-order valence-electron chi connectivity index (χ0n) is 16.2. The highest BCUT2D eigenvalue weighted by atomic mass is 79.9. The summed E-state index contributed by atoms with van der Waals surface area (Å²) in [6, 6.07) is 10.3. The van der Waals surface area contributed by atoms with Crippen molar-refractivity contribution in [3.05, 3.63) is 85.9 Å². The zero-order valence-corrected chi connectivity index (χ0v) is 17.8. The van der Waals surface area contributed by atoms with Gasteiger partial charge in [-0.15, -0.1) is 0 Å². The van der Waals surface area contributed by atoms with Crippen LogP contribution in [0.15, 0.2) is 51.7 Å². The van der Waals surface area contributed by atoms with E-state index >= 15 is 0 Å². The second kappa shape index (κ2) is 9.17. The molecule has 0 radical (unpaired) electrons. The molecule has 0 aliphatic heterocycles. The number of nitrogens with one attached hydrogen (secondary N) is 1. The molecule has 0 fully saturated rings. The van der Waals surface area contributed by atoms with Crippen molar-refractivity contribution in [3.8, 4) is 5.88 Å². The largest absolute Gasteiger partial charge is 0.472 e. The van der Waals surface area contributed by atoms with Gasteiger partial charge in [0.05, 0.1) is 6.54 Å². The fourth-order valence-corrected chi connectivity index (χ4v) is 3.23. The Morgan fingerprint density at radius 3 is 2.70 bits per heavy atom. The van der Waals surface area contributed by atoms with Crippen molar-refractivity contribution in [1.29, 1.82) is 0 Å². The fourth-order valence-electron chi connectivity index (χ4n) is 2.81. The summed E-state index contributed by atoms with van der Waals surface area (Å²) in [5.74, 6) is -1.21. The molecule has 9 heteroatoms. The molecule has 0 unspecified atom stereocenters. The van der Waals surface area contributed by atoms with Gasteiger partial charge in [0.2, 0.25) is 11.8 Å². The topological polar surface area (TPSA) is 73.2 Å². The molecule has 0 bridgehead atoms. The van der Waals surface area contributed by atoms with Gasteiger partial charge in [0.1, 0.15) is 28.5 Å². The van der Waals surface area contributed by atoms with Crippen molar-refractivity contribution >= 4 is 27.5 Å². The normalized spacial score (nSPS) is 10.7. The lowest BCUT2D eigenvalue weighted by molar-refractivity contribution is -0.114. The molecule has 2 aromatic carbocycles. The Labute approximate surface area is 179 Å². The highest BCUT2D eigenvalue weighted by molar-refractivity contribution is 9.10. The zero-order chi connectivity index (χ0) is 21.8. The molecule has 0 atom stereocenters. The minimum absolute atomic E-state index is 0.0180. The predicted octanol–water partition coefficient (Wildman–Crippen LogP) is 4.18. The van der Waals surface area contributed by atoms with Gasteiger partial charge in [-0.2, -0.15) is 4.98 Å². The molecule has 1 aromatic heterocycles. The minimum atomic E-state index is -0.741. The number of benzene rings is 2. The number of aromatic nitrogens is 2. The third kappa shape index (κ3) is 5.10. The molecule has 0 aliphatic carbocycles. The van der Waals surface area contributed by atoms with Crippen LogP contribution in [0.1, 0.15) is 23.9 Å². The molecule has 1 heterocycles. The number of hydrogen-bond donors (Lipinski definition) is 1. The molecule has 0 aliphatic rings. The van der Waals surface area contributed by atoms with Gasteiger partial charge in [-0.25, -0.2) is 8.78 Å². The Hall–Kier alpha value is -3.07. The van der Waals surface area contributed by atoms with Gasteiger partial charge >= 0.3 is 0 Å². The van der Waals surface area contributed by atoms with Crippen molar-refractivity contribution in [2.45, 2.75) is 27.0 Å². The van der Waals surface area contributed by atoms with Gasteiger partial charge in [0.15, 0.2) is 0 Å². The third-order valence-corrected chi connectivity index (χ3v) is 4.92. The number of ether oxygens (including phenoxy) is 1. The lowest BCUT2D eigenvalue weighted by Gasteiger charge is -2.14. The smallest absolute Gasteiger partial charge is 0.272 e. The first-order chi connectivity index (χ1) is 14.2. The number of amides is 1. The molecule has 30 heavy (non-hydrogen) atoms. The molecule has 0 spiro atoms. The van der Waals surface area contributed by atoms with Crippen LogP contribution in [0.3, 0.4) is 0 Å². The van der Waals surface area contributed by atoms with Gasteiger partial charge in [-0.05, 0) is 52.7 Å². The number of anilines is 1. The van der Waals surface area contributed by atoms with E-state index in [1.807, 2.05) is 6.07 Å². The summed E-state index contributed by atoms with van der Waals surface area (Å²) in [7, 11) is 0. The summed E-state index contributed by atoms with van der Waals surface area (Å²) in [4.78, 5) is 28.3. The number of aryl methyl sites for hydroxylation is 1. The fraction of sp³-hybridized carbons (Fsp3) is 0.190. The van der Waals surface area contributed by atoms with E-state index in [9.17, 15) is 18.4 Å². The van der Waals surface area contributed by atoms with Crippen molar-refractivity contribution in [1.82, 2.24) is 9.55 Å². The third-order valence-electron chi connectivity index (χ3n) is 4.24. The Morgan fingerprint density at radius 2 is 2.00 bits per heavy atom. The summed E-state index contributed by atoms with van der Waals surface area (Å²) in [6.45, 7) is 3.09. The standard InChI is InChI=1S/C21H18BrF2N3O3/c1-12-25-20(30-11-15-6-7-16(23)9-18(15)24)19(22)21(29)27(12)10-14-4-3-5-17(8-14)26-13(2)28/h3-9H,10-11H2,1-2H3,(H,26,28). The van der Waals surface area contributed by atoms with Crippen LogP contribution < -0.4 is 15.6 Å². The molecule has 0 saturated heterocycles. The van der Waals surface area contributed by atoms with Crippen molar-refractivity contribution in [2.75, 3.05) is 5.32 Å². The van der Waals surface area contributed by atoms with Crippen molar-refractivity contribution < 1.29 is 18.3 Å². The summed E-state index contributed by atoms with van der Waals surface area (Å²) < 4.78 is 33.8. The van der Waals surface area contributed by atoms with Crippen LogP contribution in [0, 0.1) is 18.6 Å². The van der Waals surface area contributed by atoms with E-state index in [1.165, 1.54) is 17.6 Å². The van der Waals surface area contributed by atoms with Crippen LogP contribution >= 0.6 is 15.9 Å². The Balaban J connectivity index is 1.82. The van der Waals surface area contributed by atoms with Crippen LogP contribution in [-0.2, 0) is 17.9 Å². The molecule has 3 aromatic rings. The maximum atomic E-state index is 13.8. The quantitative estimate of drug-likeness (QED) is 0.577. The van der Waals surface area contributed by atoms with E-state index in [0.29, 0.717) is 11.5 Å². The molecular weight excluding hydrogens is 460 g/mol. The molecule has 6 nitrogen and oxygen atoms in total. The van der Waals surface area contributed by atoms with Gasteiger partial charge in [-0.3, -0.25) is 14.2 Å². The summed E-state index contributed by atoms with van der Waals surface area (Å²) in [5, 5.41) is 2.70. The van der Waals surface area contributed by atoms with Crippen LogP contribution in [0.4, 0.5) is 14.5 Å². The maximum Gasteiger partial charge on any atom is 0.272 e. The maximum absolute atomic E-state index is 13.8. The summed E-state index contributed by atoms with van der Waals surface area (Å²) in [6.07, 6.45) is 0. The SMILES string of the molecule is CC(=O)Nc1cccc(Cn2c(C)nc(OCc3ccc(F)cc3F)c(Br)c2=O)c1. The highest BCUT2D eigenvalue weighted by Crippen LogP contribution is 2.21. The second-order valence-corrected chi connectivity index (χ2v) is 7.37. The van der Waals surface area contributed by atoms with Crippen molar-refractivity contribution in [2.24, 2.45) is 0 Å². The lowest BCUT2D eigenvalue weighted by Crippen LogP contribution is -2.26. The average Bonchev–Trinajstić information content (AvgIpc) is 2.68. The number of hydrogen-bond acceptors (Lipinski definition) is 4. The number of carbonyl (C=O) groups excluding carboxylic acids is 1. The van der Waals surface area contributed by atoms with E-state index in [4.69, 9.17) is 4.74 Å². The lowest BCUT2D eigenvalue weighted by atomic mass is 10.2. The average molecular weight is 478 g/mol. The Morgan fingerprint density at radius 1 is 1.23 bits per heavy atom. The molecular formula is C21H18BrF2N3O3. The van der Waals surface area contributed by atoms with Gasteiger partial charge in [-0.1, -0.05) is 12.1 Å². The van der Waals surface area contributed by atoms with Gasteiger partial charge in [0.25, 0.3) is 5.56 Å². The first kappa shape index (κ1) is 21.6. The summed E-state index contributed by atoms with van der Waals surface area (Å²) >= 11 is 3.20. The minimum Gasteiger partial charge on any atom is -0.472 e. The number of carbonyl (C=O) groups is 1. The first-order valence-electron chi connectivity index (χ1n) is 8.95. The van der Waals surface area contributed by atoms with Crippen LogP contribution in [0.25, 0.3) is 0 Å². The molecule has 3 rings (SSSR count). The van der Waals surface area contributed by atoms with Gasteiger partial charge < -0.3 is 10.1 Å². The van der Waals surface area contributed by atoms with E-state index in [2.05, 4.69) is 26.2 Å². The Kier molecular flexibility index (Phi) is 6.61. The number of rotatable bonds is 6.